The van der Waals surface area contributed by atoms with Crippen LogP contribution in [0.15, 0.2) is 150 Å². The molecule has 0 bridgehead atoms. The highest BCUT2D eigenvalue weighted by molar-refractivity contribution is 9.10. The van der Waals surface area contributed by atoms with Gasteiger partial charge in [-0.25, -0.2) is 0 Å². The second-order valence-electron chi connectivity index (χ2n) is 12.0. The van der Waals surface area contributed by atoms with Gasteiger partial charge in [-0.1, -0.05) is 131 Å². The van der Waals surface area contributed by atoms with E-state index in [-0.39, 0.29) is 0 Å². The van der Waals surface area contributed by atoms with E-state index < -0.39 is 7.12 Å². The fraction of sp³-hybridized carbons (Fsp3) is 0.0476. The van der Waals surface area contributed by atoms with Gasteiger partial charge >= 0.3 is 7.12 Å². The highest BCUT2D eigenvalue weighted by Gasteiger charge is 2.22. The summed E-state index contributed by atoms with van der Waals surface area (Å²) in [5, 5.41) is 20.2. The normalized spacial score (nSPS) is 11.9. The van der Waals surface area contributed by atoms with Crippen LogP contribution in [0.25, 0.3) is 52.9 Å². The lowest BCUT2D eigenvalue weighted by atomic mass is 9.89. The van der Waals surface area contributed by atoms with Crippen LogP contribution < -0.4 is 4.78 Å². The summed E-state index contributed by atoms with van der Waals surface area (Å²) in [5.74, 6) is 0. The second kappa shape index (κ2) is 13.3. The van der Waals surface area contributed by atoms with Crippen LogP contribution in [0.4, 0.5) is 0 Å². The Kier molecular flexibility index (Phi) is 8.60. The molecule has 0 saturated heterocycles. The topological polar surface area (TPSA) is 40.5 Å². The number of halogens is 1. The van der Waals surface area contributed by atoms with Gasteiger partial charge in [-0.05, 0) is 104 Å². The lowest BCUT2D eigenvalue weighted by Crippen LogP contribution is -2.26. The Balaban J connectivity index is 0.000000112. The molecule has 0 fully saturated rings. The van der Waals surface area contributed by atoms with E-state index >= 15 is 0 Å². The first-order valence-electron chi connectivity index (χ1n) is 15.9. The van der Waals surface area contributed by atoms with Crippen LogP contribution in [-0.4, -0.2) is 17.2 Å². The molecule has 2 N–H and O–H groups in total. The van der Waals surface area contributed by atoms with E-state index in [0.29, 0.717) is 4.78 Å². The molecule has 0 amide bonds. The molecular weight excluding hydrogens is 691 g/mol. The maximum Gasteiger partial charge on any atom is 0.499 e. The van der Waals surface area contributed by atoms with Crippen LogP contribution in [0.5, 0.6) is 0 Å². The molecule has 0 spiro atoms. The van der Waals surface area contributed by atoms with E-state index in [9.17, 15) is 0 Å². The monoisotopic (exact) mass is 720 g/mol. The molecule has 2 aliphatic carbocycles. The highest BCUT2D eigenvalue weighted by atomic mass is 79.9. The molecule has 6 aromatic carbocycles. The standard InChI is InChI=1S/C21H14S.C13H9Br.C8H7BO2S/c1-3-8-16-14(6-1)12-19-17(16)9-5-10-18(19)21-13-15-7-2-4-11-20(15)22-21;14-13-7-3-6-11-10-5-2-1-4-9(10)8-12(11)13;10-9(11)8-5-6-3-1-2-4-7(6)12-8/h1-11,13H,12H2;1-7H,8H2;1-5,10-11H. The van der Waals surface area contributed by atoms with E-state index in [4.69, 9.17) is 10.0 Å². The van der Waals surface area contributed by atoms with Gasteiger partial charge in [0, 0.05) is 23.5 Å². The minimum absolute atomic E-state index is 0.594. The Morgan fingerprint density at radius 3 is 1.62 bits per heavy atom. The summed E-state index contributed by atoms with van der Waals surface area (Å²) in [6.45, 7) is 0. The first-order valence-corrected chi connectivity index (χ1v) is 18.4. The molecule has 8 aromatic rings. The van der Waals surface area contributed by atoms with Crippen molar-refractivity contribution in [2.75, 3.05) is 0 Å². The fourth-order valence-electron chi connectivity index (χ4n) is 6.75. The summed E-state index contributed by atoms with van der Waals surface area (Å²) in [6, 6.07) is 51.1. The molecule has 2 aliphatic rings. The number of benzene rings is 6. The van der Waals surface area contributed by atoms with Crippen LogP contribution in [0.1, 0.15) is 22.3 Å². The van der Waals surface area contributed by atoms with Crippen molar-refractivity contribution in [1.82, 2.24) is 0 Å². The lowest BCUT2D eigenvalue weighted by Gasteiger charge is -2.06. The van der Waals surface area contributed by atoms with Crippen molar-refractivity contribution in [3.8, 4) is 32.7 Å². The van der Waals surface area contributed by atoms with Crippen LogP contribution in [0.3, 0.4) is 0 Å². The largest absolute Gasteiger partial charge is 0.499 e. The SMILES string of the molecule is Brc1cccc2c1Cc1ccccc1-2.OB(O)c1cc2ccccc2s1.c1ccc2c(c1)Cc1c(-c3cc4ccccc4s3)cccc1-2. The predicted octanol–water partition coefficient (Wildman–Crippen LogP) is 10.7. The zero-order valence-corrected chi connectivity index (χ0v) is 29.2. The zero-order chi connectivity index (χ0) is 32.6. The number of hydrogen-bond donors (Lipinski definition) is 2. The van der Waals surface area contributed by atoms with Gasteiger partial charge in [-0.15, -0.1) is 22.7 Å². The van der Waals surface area contributed by atoms with Gasteiger partial charge in [0.25, 0.3) is 0 Å². The van der Waals surface area contributed by atoms with E-state index in [1.54, 1.807) is 6.07 Å². The summed E-state index contributed by atoms with van der Waals surface area (Å²) >= 11 is 6.91. The van der Waals surface area contributed by atoms with Crippen LogP contribution in [0.2, 0.25) is 0 Å². The van der Waals surface area contributed by atoms with Crippen LogP contribution in [-0.2, 0) is 12.8 Å². The fourth-order valence-corrected chi connectivity index (χ4v) is 9.31. The number of hydrogen-bond acceptors (Lipinski definition) is 4. The molecule has 232 valence electrons. The predicted molar refractivity (Wildman–Crippen MR) is 210 cm³/mol. The Morgan fingerprint density at radius 2 is 0.979 bits per heavy atom. The van der Waals surface area contributed by atoms with Gasteiger partial charge in [0.1, 0.15) is 0 Å². The van der Waals surface area contributed by atoms with Gasteiger partial charge < -0.3 is 10.0 Å². The first kappa shape index (κ1) is 31.0. The van der Waals surface area contributed by atoms with Crippen molar-refractivity contribution in [3.63, 3.8) is 0 Å². The number of fused-ring (bicyclic) bond motifs is 8. The van der Waals surface area contributed by atoms with Crippen molar-refractivity contribution in [2.24, 2.45) is 0 Å². The Labute approximate surface area is 296 Å². The third kappa shape index (κ3) is 5.96. The number of rotatable bonds is 2. The third-order valence-electron chi connectivity index (χ3n) is 9.03. The van der Waals surface area contributed by atoms with Crippen molar-refractivity contribution < 1.29 is 10.0 Å². The first-order chi connectivity index (χ1) is 23.5. The summed E-state index contributed by atoms with van der Waals surface area (Å²) in [6.07, 6.45) is 2.11. The molecule has 6 heteroatoms. The average Bonchev–Trinajstić information content (AvgIpc) is 3.91. The molecule has 0 atom stereocenters. The molecule has 0 saturated carbocycles. The van der Waals surface area contributed by atoms with Gasteiger partial charge in [-0.3, -0.25) is 0 Å². The molecule has 10 rings (SSSR count). The van der Waals surface area contributed by atoms with Crippen molar-refractivity contribution in [1.29, 1.82) is 0 Å². The molecule has 2 heterocycles. The summed E-state index contributed by atoms with van der Waals surface area (Å²) in [7, 11) is -1.35. The minimum Gasteiger partial charge on any atom is -0.423 e. The Bertz CT molecular complexity index is 2360. The molecule has 0 unspecified atom stereocenters. The van der Waals surface area contributed by atoms with E-state index in [2.05, 4.69) is 131 Å². The lowest BCUT2D eigenvalue weighted by molar-refractivity contribution is 0.427. The summed E-state index contributed by atoms with van der Waals surface area (Å²) in [5.41, 5.74) is 12.8. The van der Waals surface area contributed by atoms with E-state index in [1.165, 1.54) is 80.8 Å². The van der Waals surface area contributed by atoms with Gasteiger partial charge in [-0.2, -0.15) is 0 Å². The van der Waals surface area contributed by atoms with Crippen molar-refractivity contribution in [2.45, 2.75) is 12.8 Å². The maximum absolute atomic E-state index is 8.89. The molecule has 2 nitrogen and oxygen atoms in total. The second-order valence-corrected chi connectivity index (χ2v) is 15.0. The maximum atomic E-state index is 8.89. The number of thiophene rings is 2. The van der Waals surface area contributed by atoms with Gasteiger partial charge in [0.05, 0.1) is 0 Å². The van der Waals surface area contributed by atoms with E-state index in [1.807, 2.05) is 35.6 Å². The van der Waals surface area contributed by atoms with Crippen molar-refractivity contribution >= 4 is 70.7 Å². The average molecular weight is 722 g/mol. The van der Waals surface area contributed by atoms with Crippen LogP contribution in [0, 0.1) is 0 Å². The quantitative estimate of drug-likeness (QED) is 0.175. The minimum atomic E-state index is -1.35. The molecule has 48 heavy (non-hydrogen) atoms. The zero-order valence-electron chi connectivity index (χ0n) is 25.9. The van der Waals surface area contributed by atoms with Gasteiger partial charge in [0.2, 0.25) is 0 Å². The summed E-state index contributed by atoms with van der Waals surface area (Å²) in [4.78, 5) is 1.38. The summed E-state index contributed by atoms with van der Waals surface area (Å²) < 4.78 is 4.27. The Hall–Kier alpha value is -4.30. The molecule has 2 aromatic heterocycles. The highest BCUT2D eigenvalue weighted by Crippen LogP contribution is 2.44. The van der Waals surface area contributed by atoms with E-state index in [0.717, 1.165) is 22.9 Å². The third-order valence-corrected chi connectivity index (χ3v) is 12.1. The molecular formula is C42H30BBrO2S2. The Morgan fingerprint density at radius 1 is 0.479 bits per heavy atom. The smallest absolute Gasteiger partial charge is 0.423 e. The van der Waals surface area contributed by atoms with Crippen molar-refractivity contribution in [3.05, 3.63) is 172 Å². The van der Waals surface area contributed by atoms with Crippen LogP contribution >= 0.6 is 38.6 Å². The van der Waals surface area contributed by atoms with Gasteiger partial charge in [0.15, 0.2) is 0 Å². The molecule has 0 radical (unpaired) electrons. The molecule has 0 aliphatic heterocycles.